The van der Waals surface area contributed by atoms with Crippen LogP contribution in [-0.4, -0.2) is 29.3 Å². The van der Waals surface area contributed by atoms with Crippen LogP contribution in [0.5, 0.6) is 0 Å². The Morgan fingerprint density at radius 3 is 2.67 bits per heavy atom. The van der Waals surface area contributed by atoms with Crippen molar-refractivity contribution in [3.8, 4) is 0 Å². The molecule has 0 bridgehead atoms. The highest BCUT2D eigenvalue weighted by molar-refractivity contribution is 5.73. The minimum Gasteiger partial charge on any atom is -0.423 e. The molecule has 1 amide bonds. The fraction of sp³-hybridized carbons (Fsp3) is 0.471. The van der Waals surface area contributed by atoms with Crippen molar-refractivity contribution < 1.29 is 13.9 Å². The molecular weight excluding hydrogens is 308 g/mol. The summed E-state index contributed by atoms with van der Waals surface area (Å²) in [5, 5.41) is 11.2. The molecule has 3 N–H and O–H groups in total. The quantitative estimate of drug-likeness (QED) is 0.812. The Labute approximate surface area is 140 Å². The van der Waals surface area contributed by atoms with Crippen molar-refractivity contribution in [3.63, 3.8) is 0 Å². The number of nitrogens with two attached hydrogens (primary N) is 1. The predicted molar refractivity (Wildman–Crippen MR) is 88.2 cm³/mol. The first-order chi connectivity index (χ1) is 11.6. The van der Waals surface area contributed by atoms with Crippen molar-refractivity contribution in [2.45, 2.75) is 38.1 Å². The fourth-order valence-electron chi connectivity index (χ4n) is 2.83. The number of carbonyl (C=O) groups excluding carboxylic acids is 1. The Kier molecular flexibility index (Phi) is 5.10. The Bertz CT molecular complexity index is 677. The minimum absolute atomic E-state index is 0.138. The summed E-state index contributed by atoms with van der Waals surface area (Å²) >= 11 is 0. The maximum Gasteiger partial charge on any atom is 0.239 e. The second-order valence-corrected chi connectivity index (χ2v) is 6.06. The smallest absolute Gasteiger partial charge is 0.239 e. The summed E-state index contributed by atoms with van der Waals surface area (Å²) in [6.07, 6.45) is 2.32. The highest BCUT2D eigenvalue weighted by Gasteiger charge is 2.25. The number of amides is 1. The van der Waals surface area contributed by atoms with Crippen molar-refractivity contribution in [2.75, 3.05) is 18.9 Å². The molecule has 0 saturated carbocycles. The molecule has 128 valence electrons. The van der Waals surface area contributed by atoms with Gasteiger partial charge in [-0.1, -0.05) is 12.1 Å². The lowest BCUT2D eigenvalue weighted by atomic mass is 10.0. The van der Waals surface area contributed by atoms with Crippen LogP contribution < -0.4 is 11.1 Å². The molecule has 1 atom stereocenters. The van der Waals surface area contributed by atoms with E-state index in [2.05, 4.69) is 15.5 Å². The van der Waals surface area contributed by atoms with Crippen LogP contribution in [0.2, 0.25) is 0 Å². The van der Waals surface area contributed by atoms with Crippen LogP contribution in [0.1, 0.15) is 49.1 Å². The van der Waals surface area contributed by atoms with Crippen molar-refractivity contribution >= 4 is 11.6 Å². The maximum absolute atomic E-state index is 11.5. The van der Waals surface area contributed by atoms with Gasteiger partial charge in [0.1, 0.15) is 6.04 Å². The first kappa shape index (κ1) is 16.4. The summed E-state index contributed by atoms with van der Waals surface area (Å²) in [5.41, 5.74) is 7.45. The van der Waals surface area contributed by atoms with Crippen LogP contribution in [0.4, 0.5) is 5.69 Å². The first-order valence-electron chi connectivity index (χ1n) is 8.14. The van der Waals surface area contributed by atoms with Gasteiger partial charge >= 0.3 is 0 Å². The van der Waals surface area contributed by atoms with Gasteiger partial charge in [-0.3, -0.25) is 4.79 Å². The van der Waals surface area contributed by atoms with E-state index in [1.165, 1.54) is 6.92 Å². The zero-order valence-corrected chi connectivity index (χ0v) is 13.7. The average Bonchev–Trinajstić information content (AvgIpc) is 3.07. The highest BCUT2D eigenvalue weighted by atomic mass is 16.5. The normalized spacial score (nSPS) is 16.7. The van der Waals surface area contributed by atoms with E-state index in [0.717, 1.165) is 18.4 Å². The molecule has 1 aliphatic heterocycles. The van der Waals surface area contributed by atoms with Crippen molar-refractivity contribution in [2.24, 2.45) is 0 Å². The zero-order chi connectivity index (χ0) is 16.9. The molecule has 1 aromatic heterocycles. The van der Waals surface area contributed by atoms with E-state index in [1.54, 1.807) is 0 Å². The molecule has 7 heteroatoms. The third-order valence-corrected chi connectivity index (χ3v) is 4.12. The lowest BCUT2D eigenvalue weighted by molar-refractivity contribution is -0.119. The largest absolute Gasteiger partial charge is 0.423 e. The number of hydrogen-bond donors (Lipinski definition) is 2. The Morgan fingerprint density at radius 1 is 1.29 bits per heavy atom. The molecule has 0 radical (unpaired) electrons. The average molecular weight is 330 g/mol. The Hall–Kier alpha value is -2.41. The number of hydrogen-bond acceptors (Lipinski definition) is 6. The summed E-state index contributed by atoms with van der Waals surface area (Å²) < 4.78 is 11.2. The van der Waals surface area contributed by atoms with Gasteiger partial charge < -0.3 is 20.2 Å². The minimum atomic E-state index is -0.354. The molecule has 2 aromatic rings. The molecule has 24 heavy (non-hydrogen) atoms. The number of anilines is 1. The lowest BCUT2D eigenvalue weighted by Crippen LogP contribution is -2.28. The summed E-state index contributed by atoms with van der Waals surface area (Å²) in [6, 6.07) is 7.18. The monoisotopic (exact) mass is 330 g/mol. The number of ether oxygens (including phenoxy) is 1. The zero-order valence-electron chi connectivity index (χ0n) is 13.7. The van der Waals surface area contributed by atoms with E-state index in [9.17, 15) is 4.79 Å². The Balaban J connectivity index is 1.76. The molecule has 1 aliphatic rings. The van der Waals surface area contributed by atoms with Crippen molar-refractivity contribution in [3.05, 3.63) is 41.6 Å². The van der Waals surface area contributed by atoms with Gasteiger partial charge in [-0.15, -0.1) is 10.2 Å². The lowest BCUT2D eigenvalue weighted by Gasteiger charge is -2.18. The number of benzene rings is 1. The number of carbonyl (C=O) groups is 1. The van der Waals surface area contributed by atoms with Crippen molar-refractivity contribution in [1.29, 1.82) is 0 Å². The molecule has 1 aromatic carbocycles. The third kappa shape index (κ3) is 4.11. The summed E-state index contributed by atoms with van der Waals surface area (Å²) in [7, 11) is 0. The molecule has 2 heterocycles. The molecular formula is C17H22N4O3. The van der Waals surface area contributed by atoms with Gasteiger partial charge in [-0.25, -0.2) is 0 Å². The van der Waals surface area contributed by atoms with E-state index < -0.39 is 0 Å². The number of nitrogens with one attached hydrogen (secondary N) is 1. The van der Waals surface area contributed by atoms with Crippen LogP contribution in [0, 0.1) is 0 Å². The second kappa shape index (κ2) is 7.44. The number of aromatic nitrogens is 2. The van der Waals surface area contributed by atoms with E-state index in [4.69, 9.17) is 14.9 Å². The highest BCUT2D eigenvalue weighted by Crippen LogP contribution is 2.27. The summed E-state index contributed by atoms with van der Waals surface area (Å²) in [6.45, 7) is 2.90. The topological polar surface area (TPSA) is 103 Å². The van der Waals surface area contributed by atoms with E-state index >= 15 is 0 Å². The van der Waals surface area contributed by atoms with Crippen molar-refractivity contribution in [1.82, 2.24) is 15.5 Å². The van der Waals surface area contributed by atoms with Gasteiger partial charge in [0.15, 0.2) is 0 Å². The number of rotatable bonds is 5. The van der Waals surface area contributed by atoms with Gasteiger partial charge in [-0.2, -0.15) is 0 Å². The van der Waals surface area contributed by atoms with E-state index in [0.29, 0.717) is 37.1 Å². The van der Waals surface area contributed by atoms with E-state index in [-0.39, 0.29) is 17.9 Å². The molecule has 0 aliphatic carbocycles. The van der Waals surface area contributed by atoms with Crippen LogP contribution in [0.25, 0.3) is 0 Å². The molecule has 7 nitrogen and oxygen atoms in total. The molecule has 1 fully saturated rings. The molecule has 0 unspecified atom stereocenters. The Morgan fingerprint density at radius 2 is 2.00 bits per heavy atom. The number of nitrogens with zero attached hydrogens (tertiary/aromatic N) is 2. The van der Waals surface area contributed by atoms with Gasteiger partial charge in [0.2, 0.25) is 17.7 Å². The van der Waals surface area contributed by atoms with Gasteiger partial charge in [0, 0.05) is 38.2 Å². The SMILES string of the molecule is CC(=O)N[C@@H](Cc1ccc(N)cc1)c1nnc(C2CCOCC2)o1. The van der Waals surface area contributed by atoms with Gasteiger partial charge in [0.05, 0.1) is 0 Å². The van der Waals surface area contributed by atoms with Gasteiger partial charge in [0.25, 0.3) is 0 Å². The van der Waals surface area contributed by atoms with Gasteiger partial charge in [-0.05, 0) is 30.5 Å². The van der Waals surface area contributed by atoms with E-state index in [1.807, 2.05) is 24.3 Å². The van der Waals surface area contributed by atoms with Crippen LogP contribution >= 0.6 is 0 Å². The fourth-order valence-corrected chi connectivity index (χ4v) is 2.83. The predicted octanol–water partition coefficient (Wildman–Crippen LogP) is 1.97. The first-order valence-corrected chi connectivity index (χ1v) is 8.14. The maximum atomic E-state index is 11.5. The molecule has 1 saturated heterocycles. The standard InChI is InChI=1S/C17H22N4O3/c1-11(22)19-15(10-12-2-4-14(18)5-3-12)17-21-20-16(24-17)13-6-8-23-9-7-13/h2-5,13,15H,6-10,18H2,1H3,(H,19,22)/t15-/m0/s1. The van der Waals surface area contributed by atoms with Crippen LogP contribution in [0.3, 0.4) is 0 Å². The van der Waals surface area contributed by atoms with Crippen LogP contribution in [0.15, 0.2) is 28.7 Å². The number of nitrogen functional groups attached to an aromatic ring is 1. The summed E-state index contributed by atoms with van der Waals surface area (Å²) in [5.74, 6) is 1.15. The molecule has 0 spiro atoms. The molecule has 3 rings (SSSR count). The summed E-state index contributed by atoms with van der Waals surface area (Å²) in [4.78, 5) is 11.5. The second-order valence-electron chi connectivity index (χ2n) is 6.06. The third-order valence-electron chi connectivity index (χ3n) is 4.12. The van der Waals surface area contributed by atoms with Crippen LogP contribution in [-0.2, 0) is 16.0 Å².